The number of carbonyl (C=O) groups excluding carboxylic acids is 1. The van der Waals surface area contributed by atoms with E-state index in [1.54, 1.807) is 7.11 Å². The van der Waals surface area contributed by atoms with Gasteiger partial charge in [-0.15, -0.1) is 0 Å². The lowest BCUT2D eigenvalue weighted by Crippen LogP contribution is -2.32. The predicted octanol–water partition coefficient (Wildman–Crippen LogP) is 1.61. The van der Waals surface area contributed by atoms with Crippen LogP contribution in [0, 0.1) is 11.3 Å². The van der Waals surface area contributed by atoms with Crippen LogP contribution < -0.4 is 4.74 Å². The number of carbonyl (C=O) groups is 1. The number of likely N-dealkylation sites (N-methyl/N-ethyl adjacent to an activating group) is 1. The smallest absolute Gasteiger partial charge is 0.227 e. The van der Waals surface area contributed by atoms with E-state index in [0.29, 0.717) is 12.3 Å². The lowest BCUT2D eigenvalue weighted by molar-refractivity contribution is -0.129. The predicted molar refractivity (Wildman–Crippen MR) is 64.6 cm³/mol. The summed E-state index contributed by atoms with van der Waals surface area (Å²) in [6, 6.07) is 9.40. The van der Waals surface area contributed by atoms with Crippen LogP contribution in [-0.2, 0) is 11.2 Å². The molecule has 0 heterocycles. The Labute approximate surface area is 101 Å². The van der Waals surface area contributed by atoms with E-state index in [1.807, 2.05) is 37.3 Å². The van der Waals surface area contributed by atoms with E-state index in [2.05, 4.69) is 0 Å². The molecule has 0 unspecified atom stereocenters. The molecule has 0 spiro atoms. The highest BCUT2D eigenvalue weighted by Gasteiger charge is 2.13. The molecule has 0 saturated heterocycles. The molecule has 0 aromatic heterocycles. The Morgan fingerprint density at radius 3 is 2.76 bits per heavy atom. The van der Waals surface area contributed by atoms with Crippen LogP contribution in [0.1, 0.15) is 12.5 Å². The summed E-state index contributed by atoms with van der Waals surface area (Å²) >= 11 is 0. The van der Waals surface area contributed by atoms with Gasteiger partial charge in [-0.25, -0.2) is 0 Å². The van der Waals surface area contributed by atoms with Gasteiger partial charge in [-0.1, -0.05) is 18.2 Å². The minimum absolute atomic E-state index is 0.0569. The zero-order chi connectivity index (χ0) is 12.7. The summed E-state index contributed by atoms with van der Waals surface area (Å²) in [5.41, 5.74) is 0.844. The molecule has 1 aromatic carbocycles. The van der Waals surface area contributed by atoms with Crippen molar-refractivity contribution < 1.29 is 9.53 Å². The number of benzene rings is 1. The zero-order valence-electron chi connectivity index (χ0n) is 10.1. The Hall–Kier alpha value is -2.02. The summed E-state index contributed by atoms with van der Waals surface area (Å²) in [6.07, 6.45) is 0.263. The number of nitrogens with zero attached hydrogens (tertiary/aromatic N) is 2. The van der Waals surface area contributed by atoms with E-state index >= 15 is 0 Å². The molecule has 1 rings (SSSR count). The summed E-state index contributed by atoms with van der Waals surface area (Å²) < 4.78 is 5.18. The van der Waals surface area contributed by atoms with Gasteiger partial charge in [-0.3, -0.25) is 4.79 Å². The molecule has 1 aromatic rings. The van der Waals surface area contributed by atoms with Crippen LogP contribution in [0.4, 0.5) is 0 Å². The summed E-state index contributed by atoms with van der Waals surface area (Å²) in [5.74, 6) is 0.646. The van der Waals surface area contributed by atoms with Crippen molar-refractivity contribution in [2.24, 2.45) is 0 Å². The molecule has 0 N–H and O–H groups in total. The first-order valence-corrected chi connectivity index (χ1v) is 5.49. The molecule has 0 saturated carbocycles. The maximum Gasteiger partial charge on any atom is 0.227 e. The minimum Gasteiger partial charge on any atom is -0.496 e. The molecule has 0 fully saturated rings. The van der Waals surface area contributed by atoms with Gasteiger partial charge in [0.05, 0.1) is 19.6 Å². The van der Waals surface area contributed by atoms with Crippen LogP contribution in [0.25, 0.3) is 0 Å². The van der Waals surface area contributed by atoms with E-state index in [0.717, 1.165) is 5.56 Å². The molecule has 17 heavy (non-hydrogen) atoms. The van der Waals surface area contributed by atoms with Crippen LogP contribution in [0.5, 0.6) is 5.75 Å². The fraction of sp³-hybridized carbons (Fsp3) is 0.385. The van der Waals surface area contributed by atoms with Crippen molar-refractivity contribution in [1.29, 1.82) is 5.26 Å². The first-order valence-electron chi connectivity index (χ1n) is 5.49. The number of methoxy groups -OCH3 is 1. The van der Waals surface area contributed by atoms with E-state index in [-0.39, 0.29) is 18.9 Å². The molecule has 1 amide bonds. The minimum atomic E-state index is -0.0569. The van der Waals surface area contributed by atoms with Crippen LogP contribution in [-0.4, -0.2) is 31.0 Å². The molecule has 0 aliphatic rings. The van der Waals surface area contributed by atoms with Crippen LogP contribution >= 0.6 is 0 Å². The third kappa shape index (κ3) is 3.49. The molecule has 0 aliphatic heterocycles. The molecular weight excluding hydrogens is 216 g/mol. The van der Waals surface area contributed by atoms with Gasteiger partial charge < -0.3 is 9.64 Å². The number of hydrogen-bond donors (Lipinski definition) is 0. The topological polar surface area (TPSA) is 53.3 Å². The number of rotatable bonds is 5. The highest BCUT2D eigenvalue weighted by atomic mass is 16.5. The van der Waals surface area contributed by atoms with Crippen molar-refractivity contribution in [2.75, 3.05) is 20.2 Å². The van der Waals surface area contributed by atoms with Crippen molar-refractivity contribution in [3.8, 4) is 11.8 Å². The second-order valence-electron chi connectivity index (χ2n) is 3.55. The lowest BCUT2D eigenvalue weighted by atomic mass is 10.1. The summed E-state index contributed by atoms with van der Waals surface area (Å²) in [5, 5.41) is 8.61. The van der Waals surface area contributed by atoms with Crippen molar-refractivity contribution in [1.82, 2.24) is 4.90 Å². The second kappa shape index (κ2) is 6.54. The lowest BCUT2D eigenvalue weighted by Gasteiger charge is -2.17. The van der Waals surface area contributed by atoms with Gasteiger partial charge in [0.1, 0.15) is 12.3 Å². The summed E-state index contributed by atoms with van der Waals surface area (Å²) in [6.45, 7) is 2.53. The van der Waals surface area contributed by atoms with Crippen LogP contribution in [0.15, 0.2) is 24.3 Å². The average molecular weight is 232 g/mol. The third-order valence-corrected chi connectivity index (χ3v) is 2.53. The molecular formula is C13H16N2O2. The van der Waals surface area contributed by atoms with Gasteiger partial charge in [0, 0.05) is 12.1 Å². The molecule has 0 aliphatic carbocycles. The van der Waals surface area contributed by atoms with Gasteiger partial charge in [0.2, 0.25) is 5.91 Å². The van der Waals surface area contributed by atoms with Gasteiger partial charge >= 0.3 is 0 Å². The second-order valence-corrected chi connectivity index (χ2v) is 3.55. The number of para-hydroxylation sites is 1. The van der Waals surface area contributed by atoms with Gasteiger partial charge in [-0.2, -0.15) is 5.26 Å². The van der Waals surface area contributed by atoms with E-state index in [9.17, 15) is 4.79 Å². The van der Waals surface area contributed by atoms with Gasteiger partial charge in [0.25, 0.3) is 0 Å². The van der Waals surface area contributed by atoms with Crippen molar-refractivity contribution >= 4 is 5.91 Å². The quantitative estimate of drug-likeness (QED) is 0.725. The highest BCUT2D eigenvalue weighted by molar-refractivity contribution is 5.79. The molecule has 0 atom stereocenters. The summed E-state index contributed by atoms with van der Waals surface area (Å²) in [7, 11) is 1.58. The monoisotopic (exact) mass is 232 g/mol. The number of hydrogen-bond acceptors (Lipinski definition) is 3. The Kier molecular flexibility index (Phi) is 5.02. The number of amides is 1. The maximum absolute atomic E-state index is 11.9. The number of nitriles is 1. The Balaban J connectivity index is 2.77. The molecule has 4 nitrogen and oxygen atoms in total. The summed E-state index contributed by atoms with van der Waals surface area (Å²) in [4.78, 5) is 13.4. The van der Waals surface area contributed by atoms with Crippen molar-refractivity contribution in [3.63, 3.8) is 0 Å². The van der Waals surface area contributed by atoms with E-state index in [4.69, 9.17) is 10.00 Å². The molecule has 0 radical (unpaired) electrons. The maximum atomic E-state index is 11.9. The zero-order valence-corrected chi connectivity index (χ0v) is 10.1. The molecule has 0 bridgehead atoms. The third-order valence-electron chi connectivity index (χ3n) is 2.53. The fourth-order valence-electron chi connectivity index (χ4n) is 1.59. The van der Waals surface area contributed by atoms with E-state index in [1.165, 1.54) is 4.90 Å². The molecule has 90 valence electrons. The molecule has 4 heteroatoms. The van der Waals surface area contributed by atoms with Gasteiger partial charge in [-0.05, 0) is 13.0 Å². The first kappa shape index (κ1) is 13.0. The van der Waals surface area contributed by atoms with Crippen LogP contribution in [0.3, 0.4) is 0 Å². The standard InChI is InChI=1S/C13H16N2O2/c1-3-15(9-8-14)13(16)10-11-6-4-5-7-12(11)17-2/h4-7H,3,9-10H2,1-2H3. The average Bonchev–Trinajstić information content (AvgIpc) is 2.36. The van der Waals surface area contributed by atoms with Gasteiger partial charge in [0.15, 0.2) is 0 Å². The van der Waals surface area contributed by atoms with Crippen LogP contribution in [0.2, 0.25) is 0 Å². The SMILES string of the molecule is CCN(CC#N)C(=O)Cc1ccccc1OC. The fourth-order valence-corrected chi connectivity index (χ4v) is 1.59. The van der Waals surface area contributed by atoms with Crippen molar-refractivity contribution in [3.05, 3.63) is 29.8 Å². The largest absolute Gasteiger partial charge is 0.496 e. The Morgan fingerprint density at radius 1 is 1.47 bits per heavy atom. The normalized spacial score (nSPS) is 9.47. The van der Waals surface area contributed by atoms with E-state index < -0.39 is 0 Å². The number of ether oxygens (including phenoxy) is 1. The Bertz CT molecular complexity index is 424. The first-order chi connectivity index (χ1) is 8.22. The Morgan fingerprint density at radius 2 is 2.18 bits per heavy atom. The highest BCUT2D eigenvalue weighted by Crippen LogP contribution is 2.18. The van der Waals surface area contributed by atoms with Crippen molar-refractivity contribution in [2.45, 2.75) is 13.3 Å².